The van der Waals surface area contributed by atoms with E-state index in [2.05, 4.69) is 17.0 Å². The Labute approximate surface area is 136 Å². The van der Waals surface area contributed by atoms with Crippen molar-refractivity contribution in [3.63, 3.8) is 0 Å². The summed E-state index contributed by atoms with van der Waals surface area (Å²) in [5, 5.41) is 9.85. The monoisotopic (exact) mass is 322 g/mol. The van der Waals surface area contributed by atoms with E-state index in [1.807, 2.05) is 12.1 Å². The first-order valence-corrected chi connectivity index (χ1v) is 8.49. The van der Waals surface area contributed by atoms with E-state index < -0.39 is 6.09 Å². The van der Waals surface area contributed by atoms with Crippen molar-refractivity contribution in [3.8, 4) is 0 Å². The maximum atomic E-state index is 11.0. The van der Waals surface area contributed by atoms with Gasteiger partial charge in [0.1, 0.15) is 0 Å². The van der Waals surface area contributed by atoms with Gasteiger partial charge in [-0.25, -0.2) is 4.79 Å². The Balaban J connectivity index is 1.59. The summed E-state index contributed by atoms with van der Waals surface area (Å²) in [4.78, 5) is 15.2. The molecule has 3 rings (SSSR count). The summed E-state index contributed by atoms with van der Waals surface area (Å²) in [5.41, 5.74) is 1.34. The highest BCUT2D eigenvalue weighted by Crippen LogP contribution is 2.28. The predicted octanol–water partition coefficient (Wildman–Crippen LogP) is 3.49. The van der Waals surface area contributed by atoms with Gasteiger partial charge in [0.15, 0.2) is 0 Å². The van der Waals surface area contributed by atoms with Crippen molar-refractivity contribution in [2.75, 3.05) is 19.6 Å². The number of halogens is 1. The topological polar surface area (TPSA) is 43.8 Å². The second kappa shape index (κ2) is 6.88. The van der Waals surface area contributed by atoms with Crippen LogP contribution in [0, 0.1) is 0 Å². The van der Waals surface area contributed by atoms with E-state index in [-0.39, 0.29) is 0 Å². The molecular formula is C17H23ClN2O2. The second-order valence-electron chi connectivity index (χ2n) is 6.37. The smallest absolute Gasteiger partial charge is 0.407 e. The zero-order valence-corrected chi connectivity index (χ0v) is 13.5. The van der Waals surface area contributed by atoms with Crippen LogP contribution >= 0.6 is 11.6 Å². The van der Waals surface area contributed by atoms with Gasteiger partial charge >= 0.3 is 6.09 Å². The molecule has 0 radical (unpaired) electrons. The van der Waals surface area contributed by atoms with Gasteiger partial charge in [0, 0.05) is 30.2 Å². The van der Waals surface area contributed by atoms with Gasteiger partial charge in [0.25, 0.3) is 0 Å². The number of rotatable bonds is 3. The molecule has 2 saturated heterocycles. The van der Waals surface area contributed by atoms with Crippen molar-refractivity contribution in [1.82, 2.24) is 9.80 Å². The summed E-state index contributed by atoms with van der Waals surface area (Å²) < 4.78 is 0. The van der Waals surface area contributed by atoms with Crippen molar-refractivity contribution in [2.45, 2.75) is 44.2 Å². The fourth-order valence-electron chi connectivity index (χ4n) is 3.84. The Morgan fingerprint density at radius 3 is 2.45 bits per heavy atom. The number of hydrogen-bond donors (Lipinski definition) is 1. The molecule has 1 atom stereocenters. The van der Waals surface area contributed by atoms with Gasteiger partial charge in [0.05, 0.1) is 0 Å². The highest BCUT2D eigenvalue weighted by molar-refractivity contribution is 6.30. The minimum absolute atomic E-state index is 0.537. The van der Waals surface area contributed by atoms with Crippen LogP contribution in [-0.4, -0.2) is 52.7 Å². The zero-order chi connectivity index (χ0) is 15.5. The van der Waals surface area contributed by atoms with E-state index in [0.717, 1.165) is 30.8 Å². The minimum Gasteiger partial charge on any atom is -0.465 e. The zero-order valence-electron chi connectivity index (χ0n) is 12.7. The second-order valence-corrected chi connectivity index (χ2v) is 6.80. The molecule has 2 aliphatic rings. The van der Waals surface area contributed by atoms with Crippen molar-refractivity contribution >= 4 is 17.7 Å². The Morgan fingerprint density at radius 2 is 1.82 bits per heavy atom. The molecule has 1 N–H and O–H groups in total. The lowest BCUT2D eigenvalue weighted by Gasteiger charge is -2.38. The first-order valence-electron chi connectivity index (χ1n) is 8.11. The van der Waals surface area contributed by atoms with Gasteiger partial charge in [-0.1, -0.05) is 23.7 Å². The number of benzene rings is 1. The number of piperidine rings is 1. The van der Waals surface area contributed by atoms with Crippen molar-refractivity contribution in [3.05, 3.63) is 34.9 Å². The van der Waals surface area contributed by atoms with E-state index in [9.17, 15) is 4.79 Å². The largest absolute Gasteiger partial charge is 0.465 e. The van der Waals surface area contributed by atoms with E-state index in [1.165, 1.54) is 18.4 Å². The quantitative estimate of drug-likeness (QED) is 0.926. The van der Waals surface area contributed by atoms with E-state index >= 15 is 0 Å². The van der Waals surface area contributed by atoms with Crippen LogP contribution in [0.25, 0.3) is 0 Å². The summed E-state index contributed by atoms with van der Waals surface area (Å²) in [6.07, 6.45) is 4.69. The van der Waals surface area contributed by atoms with Crippen LogP contribution in [0.2, 0.25) is 5.02 Å². The lowest BCUT2D eigenvalue weighted by atomic mass is 9.99. The van der Waals surface area contributed by atoms with Gasteiger partial charge in [-0.3, -0.25) is 4.90 Å². The fraction of sp³-hybridized carbons (Fsp3) is 0.588. The highest BCUT2D eigenvalue weighted by Gasteiger charge is 2.33. The van der Waals surface area contributed by atoms with Crippen molar-refractivity contribution < 1.29 is 9.90 Å². The van der Waals surface area contributed by atoms with Gasteiger partial charge in [-0.15, -0.1) is 0 Å². The van der Waals surface area contributed by atoms with E-state index in [4.69, 9.17) is 16.7 Å². The molecule has 0 aliphatic carbocycles. The van der Waals surface area contributed by atoms with Gasteiger partial charge < -0.3 is 10.0 Å². The summed E-state index contributed by atoms with van der Waals surface area (Å²) in [6.45, 7) is 2.49. The molecule has 120 valence electrons. The number of carboxylic acid groups (broad SMARTS) is 1. The lowest BCUT2D eigenvalue weighted by molar-refractivity contribution is 0.0888. The molecule has 0 saturated carbocycles. The molecule has 2 heterocycles. The van der Waals surface area contributed by atoms with Crippen molar-refractivity contribution in [1.29, 1.82) is 0 Å². The summed E-state index contributed by atoms with van der Waals surface area (Å²) in [5.74, 6) is 0. The third kappa shape index (κ3) is 3.55. The van der Waals surface area contributed by atoms with E-state index in [0.29, 0.717) is 25.2 Å². The summed E-state index contributed by atoms with van der Waals surface area (Å²) in [7, 11) is 0. The molecule has 5 heteroatoms. The molecule has 0 spiro atoms. The van der Waals surface area contributed by atoms with Crippen LogP contribution in [0.3, 0.4) is 0 Å². The first-order chi connectivity index (χ1) is 10.6. The Bertz CT molecular complexity index is 512. The van der Waals surface area contributed by atoms with Crippen LogP contribution < -0.4 is 0 Å². The van der Waals surface area contributed by atoms with Gasteiger partial charge in [0.2, 0.25) is 0 Å². The lowest BCUT2D eigenvalue weighted by Crippen LogP contribution is -2.48. The number of hydrogen-bond acceptors (Lipinski definition) is 2. The molecule has 0 bridgehead atoms. The molecular weight excluding hydrogens is 300 g/mol. The predicted molar refractivity (Wildman–Crippen MR) is 87.5 cm³/mol. The standard InChI is InChI=1S/C17H23ClN2O2/c18-14-5-3-13(4-6-14)12-16-2-1-9-20(16)15-7-10-19(11-8-15)17(21)22/h3-6,15-16H,1-2,7-12H2,(H,21,22). The number of nitrogens with zero attached hydrogens (tertiary/aromatic N) is 2. The highest BCUT2D eigenvalue weighted by atomic mass is 35.5. The Morgan fingerprint density at radius 1 is 1.14 bits per heavy atom. The Kier molecular flexibility index (Phi) is 4.89. The first kappa shape index (κ1) is 15.6. The minimum atomic E-state index is -0.780. The molecule has 4 nitrogen and oxygen atoms in total. The van der Waals surface area contributed by atoms with Crippen LogP contribution in [0.4, 0.5) is 4.79 Å². The maximum absolute atomic E-state index is 11.0. The van der Waals surface area contributed by atoms with Gasteiger partial charge in [-0.2, -0.15) is 0 Å². The molecule has 1 aromatic rings. The molecule has 1 unspecified atom stereocenters. The number of carbonyl (C=O) groups is 1. The van der Waals surface area contributed by atoms with Gasteiger partial charge in [-0.05, 0) is 56.3 Å². The molecule has 2 fully saturated rings. The summed E-state index contributed by atoms with van der Waals surface area (Å²) >= 11 is 5.95. The molecule has 1 amide bonds. The average molecular weight is 323 g/mol. The normalized spacial score (nSPS) is 23.9. The SMILES string of the molecule is O=C(O)N1CCC(N2CCCC2Cc2ccc(Cl)cc2)CC1. The third-order valence-electron chi connectivity index (χ3n) is 5.01. The number of amides is 1. The van der Waals surface area contributed by atoms with Crippen LogP contribution in [-0.2, 0) is 6.42 Å². The molecule has 1 aromatic carbocycles. The maximum Gasteiger partial charge on any atom is 0.407 e. The van der Waals surface area contributed by atoms with Crippen LogP contribution in [0.15, 0.2) is 24.3 Å². The van der Waals surface area contributed by atoms with Crippen molar-refractivity contribution in [2.24, 2.45) is 0 Å². The fourth-order valence-corrected chi connectivity index (χ4v) is 3.97. The van der Waals surface area contributed by atoms with Crippen LogP contribution in [0.5, 0.6) is 0 Å². The molecule has 22 heavy (non-hydrogen) atoms. The third-order valence-corrected chi connectivity index (χ3v) is 5.26. The summed E-state index contributed by atoms with van der Waals surface area (Å²) in [6, 6.07) is 9.28. The van der Waals surface area contributed by atoms with E-state index in [1.54, 1.807) is 4.90 Å². The Hall–Kier alpha value is -1.26. The average Bonchev–Trinajstić information content (AvgIpc) is 2.98. The molecule has 2 aliphatic heterocycles. The number of likely N-dealkylation sites (tertiary alicyclic amines) is 2. The van der Waals surface area contributed by atoms with Crippen LogP contribution in [0.1, 0.15) is 31.2 Å². The molecule has 0 aromatic heterocycles.